The molecule has 136 valence electrons. The first kappa shape index (κ1) is 20.3. The van der Waals surface area contributed by atoms with Crippen molar-refractivity contribution in [2.75, 3.05) is 13.1 Å². The molecule has 0 bridgehead atoms. The first-order chi connectivity index (χ1) is 12.6. The van der Waals surface area contributed by atoms with Crippen LogP contribution in [0.15, 0.2) is 36.4 Å². The Balaban J connectivity index is 0.00000117. The summed E-state index contributed by atoms with van der Waals surface area (Å²) in [6.07, 6.45) is 1.54. The van der Waals surface area contributed by atoms with Crippen LogP contribution in [0.2, 0.25) is 0 Å². The second-order valence-corrected chi connectivity index (χ2v) is 7.42. The summed E-state index contributed by atoms with van der Waals surface area (Å²) in [5.74, 6) is -0.471. The van der Waals surface area contributed by atoms with E-state index in [2.05, 4.69) is 17.5 Å². The van der Waals surface area contributed by atoms with Crippen molar-refractivity contribution < 1.29 is 34.3 Å². The van der Waals surface area contributed by atoms with E-state index in [1.54, 1.807) is 35.7 Å². The number of likely N-dealkylation sites (tertiary alicyclic amines) is 1. The fraction of sp³-hybridized carbons (Fsp3) is 0.350. The molecule has 2 aromatic carbocycles. The predicted molar refractivity (Wildman–Crippen MR) is 97.6 cm³/mol. The Bertz CT molecular complexity index is 845. The minimum absolute atomic E-state index is 0.0813. The van der Waals surface area contributed by atoms with E-state index in [4.69, 9.17) is 5.26 Å². The van der Waals surface area contributed by atoms with Crippen molar-refractivity contribution in [3.8, 4) is 6.07 Å². The predicted octanol–water partition coefficient (Wildman–Crippen LogP) is 2.28. The first-order valence-electron chi connectivity index (χ1n) is 8.75. The van der Waals surface area contributed by atoms with Gasteiger partial charge in [-0.05, 0) is 0 Å². The summed E-state index contributed by atoms with van der Waals surface area (Å²) in [5, 5.41) is 13.6. The quantitative estimate of drug-likeness (QED) is 0.643. The summed E-state index contributed by atoms with van der Waals surface area (Å²) in [5.41, 5.74) is 0.560. The number of carbonyl (C=O) groups is 2. The number of amides is 2. The van der Waals surface area contributed by atoms with Gasteiger partial charge in [0.25, 0.3) is 0 Å². The third-order valence-corrected chi connectivity index (χ3v) is 5.12. The molecule has 6 heteroatoms. The van der Waals surface area contributed by atoms with Gasteiger partial charge in [-0.1, -0.05) is 13.8 Å². The van der Waals surface area contributed by atoms with Crippen LogP contribution >= 0.6 is 0 Å². The summed E-state index contributed by atoms with van der Waals surface area (Å²) in [4.78, 5) is 26.2. The van der Waals surface area contributed by atoms with Gasteiger partial charge < -0.3 is 0 Å². The molecule has 5 nitrogen and oxygen atoms in total. The number of fused-ring (bicyclic) bond motifs is 1. The molecule has 26 heavy (non-hydrogen) atoms. The Labute approximate surface area is 169 Å². The monoisotopic (exact) mass is 546 g/mol. The van der Waals surface area contributed by atoms with E-state index in [-0.39, 0.29) is 24.4 Å². The summed E-state index contributed by atoms with van der Waals surface area (Å²) in [6.45, 7) is 4.50. The molecule has 2 amide bonds. The van der Waals surface area contributed by atoms with Crippen molar-refractivity contribution >= 4 is 25.9 Å². The van der Waals surface area contributed by atoms with Crippen LogP contribution in [0.3, 0.4) is 0 Å². The van der Waals surface area contributed by atoms with Crippen LogP contribution in [-0.2, 0) is 4.79 Å². The molecule has 1 atom stereocenters. The van der Waals surface area contributed by atoms with Crippen LogP contribution in [0, 0.1) is 36.1 Å². The van der Waals surface area contributed by atoms with E-state index in [1.807, 2.05) is 38.1 Å². The van der Waals surface area contributed by atoms with E-state index in [0.717, 1.165) is 17.2 Å². The molecule has 0 aliphatic carbocycles. The average molecular weight is 546 g/mol. The Morgan fingerprint density at radius 1 is 1.31 bits per heavy atom. The standard InChI is InChI=1S/C18H16AtN3O2.C2H6/c19-13-6-7-15-12(9-13)3-1-5-16(15)18(24)21-11-17(23)22-8-2-4-14(22)10-20;1-2/h1,3,5-7,9,14H,2,4,8,11H2,(H,21,24);1-2H3/t14-;/m0./s1. The maximum absolute atomic E-state index is 12.5. The number of carbonyl (C=O) groups excluding carboxylic acids is 2. The number of benzene rings is 2. The molecule has 1 N–H and O–H groups in total. The summed E-state index contributed by atoms with van der Waals surface area (Å²) in [6, 6.07) is 13.3. The second kappa shape index (κ2) is 9.64. The first-order valence-corrected chi connectivity index (χ1v) is 10.2. The zero-order valence-electron chi connectivity index (χ0n) is 15.0. The van der Waals surface area contributed by atoms with Crippen LogP contribution in [0.4, 0.5) is 0 Å². The van der Waals surface area contributed by atoms with Gasteiger partial charge in [-0.3, -0.25) is 0 Å². The van der Waals surface area contributed by atoms with Gasteiger partial charge in [0.2, 0.25) is 0 Å². The molecule has 1 aliphatic rings. The number of nitrogens with one attached hydrogen (secondary N) is 1. The van der Waals surface area contributed by atoms with Crippen LogP contribution in [-0.4, -0.2) is 35.8 Å². The van der Waals surface area contributed by atoms with Crippen LogP contribution in [0.25, 0.3) is 10.8 Å². The molecular weight excluding hydrogens is 524 g/mol. The molecule has 0 unspecified atom stereocenters. The molecule has 0 saturated carbocycles. The zero-order chi connectivity index (χ0) is 19.1. The summed E-state index contributed by atoms with van der Waals surface area (Å²) < 4.78 is 1.19. The molecule has 0 spiro atoms. The van der Waals surface area contributed by atoms with Crippen molar-refractivity contribution in [3.05, 3.63) is 42.0 Å². The zero-order valence-corrected chi connectivity index (χ0v) is 17.9. The van der Waals surface area contributed by atoms with Crippen molar-refractivity contribution in [1.82, 2.24) is 10.2 Å². The minimum atomic E-state index is -0.364. The van der Waals surface area contributed by atoms with E-state index < -0.39 is 0 Å². The molecular formula is C20H22AtN3O2. The van der Waals surface area contributed by atoms with Crippen molar-refractivity contribution in [2.24, 2.45) is 0 Å². The van der Waals surface area contributed by atoms with E-state index in [1.165, 1.54) is 3.27 Å². The van der Waals surface area contributed by atoms with Gasteiger partial charge in [0.15, 0.2) is 0 Å². The van der Waals surface area contributed by atoms with Crippen molar-refractivity contribution in [1.29, 1.82) is 5.26 Å². The molecule has 1 aliphatic heterocycles. The van der Waals surface area contributed by atoms with Crippen LogP contribution in [0.1, 0.15) is 37.0 Å². The number of hydrogen-bond acceptors (Lipinski definition) is 3. The fourth-order valence-electron chi connectivity index (χ4n) is 3.00. The molecule has 0 aromatic heterocycles. The fourth-order valence-corrected chi connectivity index (χ4v) is 3.71. The van der Waals surface area contributed by atoms with E-state index in [9.17, 15) is 9.59 Å². The maximum atomic E-state index is 12.5. The number of nitrogens with zero attached hydrogens (tertiary/aromatic N) is 2. The van der Waals surface area contributed by atoms with E-state index >= 15 is 0 Å². The topological polar surface area (TPSA) is 73.2 Å². The Morgan fingerprint density at radius 2 is 2.08 bits per heavy atom. The van der Waals surface area contributed by atoms with Crippen molar-refractivity contribution in [2.45, 2.75) is 32.7 Å². The summed E-state index contributed by atoms with van der Waals surface area (Å²) >= 11 is 1.59. The third kappa shape index (κ3) is 4.59. The van der Waals surface area contributed by atoms with Gasteiger partial charge in [0.1, 0.15) is 0 Å². The van der Waals surface area contributed by atoms with Gasteiger partial charge in [-0.25, -0.2) is 0 Å². The van der Waals surface area contributed by atoms with Gasteiger partial charge >= 0.3 is 150 Å². The van der Waals surface area contributed by atoms with Crippen LogP contribution in [0.5, 0.6) is 0 Å². The van der Waals surface area contributed by atoms with Gasteiger partial charge in [0, 0.05) is 0 Å². The number of hydrogen-bond donors (Lipinski definition) is 1. The number of rotatable bonds is 3. The molecule has 1 saturated heterocycles. The molecule has 3 rings (SSSR count). The molecule has 1 heterocycles. The van der Waals surface area contributed by atoms with Crippen molar-refractivity contribution in [3.63, 3.8) is 0 Å². The third-order valence-electron chi connectivity index (χ3n) is 4.21. The average Bonchev–Trinajstić information content (AvgIpc) is 3.15. The SMILES string of the molecule is CC.N#C[C@@H]1CCCN1C(=O)CNC(=O)c1cccc2cc([At])ccc12. The molecule has 1 fully saturated rings. The Morgan fingerprint density at radius 3 is 2.81 bits per heavy atom. The number of nitriles is 1. The van der Waals surface area contributed by atoms with Gasteiger partial charge in [-0.2, -0.15) is 5.26 Å². The molecule has 0 radical (unpaired) electrons. The summed E-state index contributed by atoms with van der Waals surface area (Å²) in [7, 11) is 0. The van der Waals surface area contributed by atoms with E-state index in [0.29, 0.717) is 18.5 Å². The molecule has 2 aromatic rings. The second-order valence-electron chi connectivity index (χ2n) is 5.73. The Kier molecular flexibility index (Phi) is 7.54. The normalized spacial score (nSPS) is 15.8. The van der Waals surface area contributed by atoms with Gasteiger partial charge in [0.05, 0.1) is 0 Å². The van der Waals surface area contributed by atoms with Crippen LogP contribution < -0.4 is 8.59 Å². The Hall–Kier alpha value is -1.99. The van der Waals surface area contributed by atoms with Gasteiger partial charge in [-0.15, -0.1) is 0 Å².